The van der Waals surface area contributed by atoms with Gasteiger partial charge in [-0.3, -0.25) is 9.59 Å². The van der Waals surface area contributed by atoms with Gasteiger partial charge in [0.05, 0.1) is 23.8 Å². The Bertz CT molecular complexity index is 1070. The summed E-state index contributed by atoms with van der Waals surface area (Å²) in [6, 6.07) is 13.3. The number of amides is 2. The molecule has 0 aromatic heterocycles. The third-order valence-electron chi connectivity index (χ3n) is 5.13. The maximum Gasteiger partial charge on any atom is 0.264 e. The molecule has 2 heterocycles. The smallest absolute Gasteiger partial charge is 0.264 e. The van der Waals surface area contributed by atoms with Crippen LogP contribution in [0.3, 0.4) is 0 Å². The van der Waals surface area contributed by atoms with Crippen LogP contribution in [0.25, 0.3) is 6.08 Å². The first kappa shape index (κ1) is 22.1. The van der Waals surface area contributed by atoms with E-state index in [2.05, 4.69) is 16.4 Å². The number of amidine groups is 1. The highest BCUT2D eigenvalue weighted by Gasteiger charge is 2.24. The summed E-state index contributed by atoms with van der Waals surface area (Å²) >= 11 is 1.31. The van der Waals surface area contributed by atoms with E-state index in [-0.39, 0.29) is 18.4 Å². The van der Waals surface area contributed by atoms with E-state index in [1.807, 2.05) is 44.2 Å². The minimum atomic E-state index is -0.171. The molecule has 2 aliphatic heterocycles. The summed E-state index contributed by atoms with van der Waals surface area (Å²) in [5.41, 5.74) is 3.94. The van der Waals surface area contributed by atoms with E-state index in [9.17, 15) is 9.59 Å². The number of hydrogen-bond acceptors (Lipinski definition) is 6. The number of hydrogen-bond donors (Lipinski definition) is 1. The highest BCUT2D eigenvalue weighted by molar-refractivity contribution is 8.18. The molecule has 2 fully saturated rings. The van der Waals surface area contributed by atoms with E-state index < -0.39 is 0 Å². The van der Waals surface area contributed by atoms with Crippen molar-refractivity contribution in [3.8, 4) is 5.75 Å². The zero-order valence-electron chi connectivity index (χ0n) is 18.1. The number of rotatable bonds is 5. The molecule has 2 amide bonds. The molecule has 0 saturated carbocycles. The number of nitrogens with one attached hydrogen (secondary N) is 1. The maximum atomic E-state index is 12.4. The van der Waals surface area contributed by atoms with Crippen LogP contribution in [-0.2, 0) is 14.3 Å². The Labute approximate surface area is 191 Å². The lowest BCUT2D eigenvalue weighted by molar-refractivity contribution is -0.137. The van der Waals surface area contributed by atoms with Crippen molar-refractivity contribution in [3.05, 3.63) is 64.1 Å². The molecule has 166 valence electrons. The lowest BCUT2D eigenvalue weighted by Crippen LogP contribution is -2.42. The van der Waals surface area contributed by atoms with Crippen molar-refractivity contribution in [1.29, 1.82) is 0 Å². The predicted molar refractivity (Wildman–Crippen MR) is 126 cm³/mol. The molecule has 1 N–H and O–H groups in total. The van der Waals surface area contributed by atoms with Gasteiger partial charge in [0.25, 0.3) is 11.8 Å². The molecule has 7 nitrogen and oxygen atoms in total. The van der Waals surface area contributed by atoms with Gasteiger partial charge < -0.3 is 19.7 Å². The van der Waals surface area contributed by atoms with Crippen LogP contribution in [0.4, 0.5) is 5.69 Å². The van der Waals surface area contributed by atoms with Crippen molar-refractivity contribution in [1.82, 2.24) is 10.2 Å². The molecular weight excluding hydrogens is 426 g/mol. The Morgan fingerprint density at radius 3 is 2.66 bits per heavy atom. The molecule has 0 spiro atoms. The highest BCUT2D eigenvalue weighted by Crippen LogP contribution is 2.29. The fourth-order valence-corrected chi connectivity index (χ4v) is 4.22. The Balaban J connectivity index is 1.36. The third kappa shape index (κ3) is 5.57. The SMILES string of the molecule is Cc1ccc(N=C2NC(=O)/C(=C\c3ccc(OCC(=O)N4CCOCC4)cc3)S2)c(C)c1. The summed E-state index contributed by atoms with van der Waals surface area (Å²) in [5, 5.41) is 3.38. The summed E-state index contributed by atoms with van der Waals surface area (Å²) in [6.45, 7) is 6.37. The van der Waals surface area contributed by atoms with E-state index >= 15 is 0 Å². The van der Waals surface area contributed by atoms with E-state index in [0.29, 0.717) is 42.1 Å². The molecule has 0 unspecified atom stereocenters. The minimum Gasteiger partial charge on any atom is -0.484 e. The molecule has 4 rings (SSSR count). The van der Waals surface area contributed by atoms with Crippen molar-refractivity contribution in [2.75, 3.05) is 32.9 Å². The third-order valence-corrected chi connectivity index (χ3v) is 6.04. The first-order valence-corrected chi connectivity index (χ1v) is 11.2. The van der Waals surface area contributed by atoms with Crippen molar-refractivity contribution in [2.45, 2.75) is 13.8 Å². The molecular formula is C24H25N3O4S. The number of carbonyl (C=O) groups is 2. The van der Waals surface area contributed by atoms with Crippen molar-refractivity contribution >= 4 is 40.5 Å². The molecule has 0 bridgehead atoms. The molecule has 2 aliphatic rings. The van der Waals surface area contributed by atoms with Gasteiger partial charge in [-0.25, -0.2) is 4.99 Å². The number of nitrogens with zero attached hydrogens (tertiary/aromatic N) is 2. The average Bonchev–Trinajstić information content (AvgIpc) is 3.14. The molecule has 0 radical (unpaired) electrons. The Kier molecular flexibility index (Phi) is 6.92. The Morgan fingerprint density at radius 1 is 1.19 bits per heavy atom. The fraction of sp³-hybridized carbons (Fsp3) is 0.292. The number of carbonyl (C=O) groups excluding carboxylic acids is 2. The van der Waals surface area contributed by atoms with Gasteiger partial charge in [0.15, 0.2) is 11.8 Å². The lowest BCUT2D eigenvalue weighted by Gasteiger charge is -2.26. The zero-order valence-corrected chi connectivity index (χ0v) is 18.9. The molecule has 0 aliphatic carbocycles. The predicted octanol–water partition coefficient (Wildman–Crippen LogP) is 3.43. The molecule has 0 atom stereocenters. The first-order chi connectivity index (χ1) is 15.5. The van der Waals surface area contributed by atoms with Gasteiger partial charge >= 0.3 is 0 Å². The lowest BCUT2D eigenvalue weighted by atomic mass is 10.1. The summed E-state index contributed by atoms with van der Waals surface area (Å²) in [4.78, 5) is 31.4. The summed E-state index contributed by atoms with van der Waals surface area (Å²) in [7, 11) is 0. The van der Waals surface area contributed by atoms with Gasteiger partial charge in [0.2, 0.25) is 0 Å². The van der Waals surface area contributed by atoms with Crippen molar-refractivity contribution in [2.24, 2.45) is 4.99 Å². The standard InChI is InChI=1S/C24H25N3O4S/c1-16-3-8-20(17(2)13-16)25-24-26-23(29)21(32-24)14-18-4-6-19(7-5-18)31-15-22(28)27-9-11-30-12-10-27/h3-8,13-14H,9-12,15H2,1-2H3,(H,25,26,29)/b21-14+. The van der Waals surface area contributed by atoms with Crippen LogP contribution < -0.4 is 10.1 Å². The second kappa shape index (κ2) is 10.0. The molecule has 32 heavy (non-hydrogen) atoms. The number of benzene rings is 2. The summed E-state index contributed by atoms with van der Waals surface area (Å²) < 4.78 is 10.9. The van der Waals surface area contributed by atoms with E-state index in [1.54, 1.807) is 17.0 Å². The van der Waals surface area contributed by atoms with Crippen LogP contribution in [0.1, 0.15) is 16.7 Å². The minimum absolute atomic E-state index is 0.00303. The van der Waals surface area contributed by atoms with Crippen LogP contribution in [0.15, 0.2) is 52.4 Å². The van der Waals surface area contributed by atoms with Crippen LogP contribution in [0, 0.1) is 13.8 Å². The van der Waals surface area contributed by atoms with Crippen LogP contribution >= 0.6 is 11.8 Å². The van der Waals surface area contributed by atoms with Gasteiger partial charge in [0.1, 0.15) is 5.75 Å². The Hall–Kier alpha value is -3.10. The monoisotopic (exact) mass is 451 g/mol. The highest BCUT2D eigenvalue weighted by atomic mass is 32.2. The summed E-state index contributed by atoms with van der Waals surface area (Å²) in [6.07, 6.45) is 1.81. The number of aliphatic imine (C=N–C) groups is 1. The van der Waals surface area contributed by atoms with E-state index in [4.69, 9.17) is 9.47 Å². The normalized spacial score (nSPS) is 18.8. The molecule has 2 aromatic carbocycles. The largest absolute Gasteiger partial charge is 0.484 e. The van der Waals surface area contributed by atoms with E-state index in [1.165, 1.54) is 17.3 Å². The van der Waals surface area contributed by atoms with Gasteiger partial charge in [-0.15, -0.1) is 0 Å². The number of ether oxygens (including phenoxy) is 2. The Morgan fingerprint density at radius 2 is 1.94 bits per heavy atom. The van der Waals surface area contributed by atoms with Crippen molar-refractivity contribution < 1.29 is 19.1 Å². The van der Waals surface area contributed by atoms with Gasteiger partial charge in [-0.2, -0.15) is 0 Å². The topological polar surface area (TPSA) is 80.2 Å². The van der Waals surface area contributed by atoms with Gasteiger partial charge in [0, 0.05) is 13.1 Å². The maximum absolute atomic E-state index is 12.4. The van der Waals surface area contributed by atoms with Crippen LogP contribution in [-0.4, -0.2) is 54.8 Å². The van der Waals surface area contributed by atoms with Crippen molar-refractivity contribution in [3.63, 3.8) is 0 Å². The van der Waals surface area contributed by atoms with Crippen LogP contribution in [0.2, 0.25) is 0 Å². The zero-order chi connectivity index (χ0) is 22.5. The first-order valence-electron chi connectivity index (χ1n) is 10.4. The molecule has 2 aromatic rings. The quantitative estimate of drug-likeness (QED) is 0.705. The summed E-state index contributed by atoms with van der Waals surface area (Å²) in [5.74, 6) is 0.387. The van der Waals surface area contributed by atoms with Gasteiger partial charge in [-0.1, -0.05) is 29.8 Å². The number of morpholine rings is 1. The fourth-order valence-electron chi connectivity index (χ4n) is 3.38. The molecule has 8 heteroatoms. The second-order valence-electron chi connectivity index (χ2n) is 7.62. The number of thioether (sulfide) groups is 1. The number of aryl methyl sites for hydroxylation is 2. The van der Waals surface area contributed by atoms with E-state index in [0.717, 1.165) is 16.8 Å². The molecule has 2 saturated heterocycles. The second-order valence-corrected chi connectivity index (χ2v) is 8.65. The average molecular weight is 452 g/mol. The van der Waals surface area contributed by atoms with Gasteiger partial charge in [-0.05, 0) is 61.0 Å². The van der Waals surface area contributed by atoms with Crippen LogP contribution in [0.5, 0.6) is 5.75 Å².